The number of nitrogens with zero attached hydrogens (tertiary/aromatic N) is 2. The maximum absolute atomic E-state index is 13.9. The van der Waals surface area contributed by atoms with Gasteiger partial charge < -0.3 is 9.72 Å². The minimum absolute atomic E-state index is 0.0267. The molecular formula is C26H23ClF3N3O3S. The van der Waals surface area contributed by atoms with E-state index in [4.69, 9.17) is 16.3 Å². The van der Waals surface area contributed by atoms with Gasteiger partial charge in [-0.2, -0.15) is 13.2 Å². The predicted molar refractivity (Wildman–Crippen MR) is 137 cm³/mol. The Kier molecular flexibility index (Phi) is 7.35. The van der Waals surface area contributed by atoms with Gasteiger partial charge >= 0.3 is 6.18 Å². The maximum Gasteiger partial charge on any atom is 0.416 e. The molecule has 2 aliphatic heterocycles. The lowest BCUT2D eigenvalue weighted by Crippen LogP contribution is -2.42. The van der Waals surface area contributed by atoms with Gasteiger partial charge in [-0.05, 0) is 70.6 Å². The lowest BCUT2D eigenvalue weighted by atomic mass is 9.93. The molecule has 1 N–H and O–H groups in total. The van der Waals surface area contributed by atoms with Crippen LogP contribution in [0.2, 0.25) is 5.02 Å². The van der Waals surface area contributed by atoms with Crippen molar-refractivity contribution in [3.63, 3.8) is 0 Å². The number of rotatable bonds is 6. The number of alkyl halides is 3. The number of nitrogens with one attached hydrogen (secondary N) is 1. The fourth-order valence-corrected chi connectivity index (χ4v) is 5.69. The molecule has 3 heterocycles. The van der Waals surface area contributed by atoms with Crippen LogP contribution in [0.1, 0.15) is 16.7 Å². The molecule has 2 fully saturated rings. The zero-order chi connectivity index (χ0) is 26.2. The van der Waals surface area contributed by atoms with E-state index < -0.39 is 22.9 Å². The van der Waals surface area contributed by atoms with Gasteiger partial charge in [-0.3, -0.25) is 19.4 Å². The number of thioether (sulfide) groups is 1. The van der Waals surface area contributed by atoms with Crippen molar-refractivity contribution in [1.29, 1.82) is 0 Å². The number of H-pyrrole nitrogens is 1. The van der Waals surface area contributed by atoms with Gasteiger partial charge in [0.15, 0.2) is 0 Å². The summed E-state index contributed by atoms with van der Waals surface area (Å²) >= 11 is 6.65. The molecule has 11 heteroatoms. The molecule has 0 aliphatic carbocycles. The summed E-state index contributed by atoms with van der Waals surface area (Å²) < 4.78 is 47.0. The minimum atomic E-state index is -4.63. The minimum Gasteiger partial charge on any atom is -0.379 e. The quantitative estimate of drug-likeness (QED) is 0.392. The molecule has 2 aromatic carbocycles. The molecule has 1 aromatic heterocycles. The molecule has 5 rings (SSSR count). The molecule has 2 amide bonds. The van der Waals surface area contributed by atoms with Crippen molar-refractivity contribution in [2.75, 3.05) is 39.4 Å². The van der Waals surface area contributed by atoms with Crippen LogP contribution in [0.15, 0.2) is 53.6 Å². The Morgan fingerprint density at radius 3 is 2.59 bits per heavy atom. The third kappa shape index (κ3) is 5.57. The van der Waals surface area contributed by atoms with Crippen LogP contribution < -0.4 is 0 Å². The van der Waals surface area contributed by atoms with Gasteiger partial charge in [0.05, 0.1) is 23.7 Å². The molecule has 0 atom stereocenters. The molecule has 3 aromatic rings. The third-order valence-corrected chi connectivity index (χ3v) is 7.77. The van der Waals surface area contributed by atoms with E-state index in [1.165, 1.54) is 17.0 Å². The average Bonchev–Trinajstić information content (AvgIpc) is 3.45. The fraction of sp³-hybridized carbons (Fsp3) is 0.308. The predicted octanol–water partition coefficient (Wildman–Crippen LogP) is 5.82. The van der Waals surface area contributed by atoms with Crippen molar-refractivity contribution in [1.82, 2.24) is 14.8 Å². The van der Waals surface area contributed by atoms with Gasteiger partial charge in [-0.15, -0.1) is 0 Å². The highest BCUT2D eigenvalue weighted by Gasteiger charge is 2.39. The van der Waals surface area contributed by atoms with E-state index in [9.17, 15) is 22.8 Å². The Labute approximate surface area is 220 Å². The number of ether oxygens (including phenoxy) is 1. The number of carbonyl (C=O) groups excluding carboxylic acids is 2. The summed E-state index contributed by atoms with van der Waals surface area (Å²) in [5.41, 5.74) is 0.902. The Morgan fingerprint density at radius 1 is 1.05 bits per heavy atom. The summed E-state index contributed by atoms with van der Waals surface area (Å²) in [6.07, 6.45) is -3.07. The highest BCUT2D eigenvalue weighted by Crippen LogP contribution is 2.41. The van der Waals surface area contributed by atoms with Crippen LogP contribution in [0.4, 0.5) is 18.0 Å². The topological polar surface area (TPSA) is 65.6 Å². The number of hydrogen-bond donors (Lipinski definition) is 1. The zero-order valence-electron chi connectivity index (χ0n) is 19.6. The summed E-state index contributed by atoms with van der Waals surface area (Å²) in [4.78, 5) is 32.9. The van der Waals surface area contributed by atoms with Crippen LogP contribution in [0.25, 0.3) is 16.5 Å². The van der Waals surface area contributed by atoms with Gasteiger partial charge in [0, 0.05) is 42.9 Å². The number of hydrogen-bond acceptors (Lipinski definition) is 5. The molecule has 194 valence electrons. The van der Waals surface area contributed by atoms with E-state index in [0.29, 0.717) is 44.0 Å². The van der Waals surface area contributed by atoms with E-state index >= 15 is 0 Å². The van der Waals surface area contributed by atoms with Gasteiger partial charge in [-0.1, -0.05) is 23.7 Å². The Bertz CT molecular complexity index is 1380. The van der Waals surface area contributed by atoms with Crippen molar-refractivity contribution in [3.8, 4) is 0 Å². The molecule has 0 unspecified atom stereocenters. The van der Waals surface area contributed by atoms with Crippen LogP contribution >= 0.6 is 23.4 Å². The maximum atomic E-state index is 13.9. The third-order valence-electron chi connectivity index (χ3n) is 6.51. The first-order chi connectivity index (χ1) is 17.7. The monoisotopic (exact) mass is 549 g/mol. The first-order valence-corrected chi connectivity index (χ1v) is 12.9. The number of morpholine rings is 1. The van der Waals surface area contributed by atoms with Crippen molar-refractivity contribution in [2.45, 2.75) is 12.6 Å². The summed E-state index contributed by atoms with van der Waals surface area (Å²) in [6.45, 7) is 3.32. The van der Waals surface area contributed by atoms with Crippen LogP contribution in [-0.2, 0) is 22.1 Å². The SMILES string of the molecule is O=C1S/C(=C(/Cc2ccc(Cl)cc2C(F)(F)F)c2ccc3[nH]ccc3c2)C(=O)N1CCN1CCOCC1. The number of benzene rings is 2. The molecule has 6 nitrogen and oxygen atoms in total. The number of imide groups is 1. The number of aromatic nitrogens is 1. The normalized spacial score (nSPS) is 18.8. The number of carbonyl (C=O) groups is 2. The molecule has 0 saturated carbocycles. The molecule has 0 radical (unpaired) electrons. The largest absolute Gasteiger partial charge is 0.416 e. The fourth-order valence-electron chi connectivity index (χ4n) is 4.55. The molecule has 37 heavy (non-hydrogen) atoms. The van der Waals surface area contributed by atoms with E-state index in [-0.39, 0.29) is 28.5 Å². The first-order valence-electron chi connectivity index (χ1n) is 11.7. The first kappa shape index (κ1) is 25.8. The average molecular weight is 550 g/mol. The van der Waals surface area contributed by atoms with Gasteiger partial charge in [0.25, 0.3) is 11.1 Å². The lowest BCUT2D eigenvalue weighted by Gasteiger charge is -2.27. The Balaban J connectivity index is 1.53. The van der Waals surface area contributed by atoms with Crippen molar-refractivity contribution < 1.29 is 27.5 Å². The Hall–Kier alpha value is -2.79. The van der Waals surface area contributed by atoms with Gasteiger partial charge in [0.2, 0.25) is 0 Å². The zero-order valence-corrected chi connectivity index (χ0v) is 21.2. The molecule has 2 saturated heterocycles. The lowest BCUT2D eigenvalue weighted by molar-refractivity contribution is -0.138. The number of amides is 2. The number of halogens is 4. The van der Waals surface area contributed by atoms with Gasteiger partial charge in [-0.25, -0.2) is 0 Å². The second-order valence-electron chi connectivity index (χ2n) is 8.84. The van der Waals surface area contributed by atoms with E-state index in [2.05, 4.69) is 9.88 Å². The van der Waals surface area contributed by atoms with Crippen molar-refractivity contribution >= 4 is 51.0 Å². The summed E-state index contributed by atoms with van der Waals surface area (Å²) in [5, 5.41) is 0.379. The summed E-state index contributed by atoms with van der Waals surface area (Å²) in [5.74, 6) is -0.491. The van der Waals surface area contributed by atoms with Crippen molar-refractivity contribution in [3.05, 3.63) is 75.3 Å². The second-order valence-corrected chi connectivity index (χ2v) is 10.2. The molecule has 0 bridgehead atoms. The smallest absolute Gasteiger partial charge is 0.379 e. The number of aromatic amines is 1. The second kappa shape index (κ2) is 10.5. The standard InChI is InChI=1S/C26H23ClF3N3O3S/c27-19-3-1-17(21(15-19)26(28,29)30)14-20(16-2-4-22-18(13-16)5-6-31-22)23-24(34)33(25(35)37-23)8-7-32-9-11-36-12-10-32/h1-6,13,15,31H,7-12,14H2/b23-20-. The number of allylic oxidation sites excluding steroid dienone is 1. The molecule has 2 aliphatic rings. The van der Waals surface area contributed by atoms with Crippen LogP contribution in [0, 0.1) is 0 Å². The summed E-state index contributed by atoms with van der Waals surface area (Å²) in [7, 11) is 0. The van der Waals surface area contributed by atoms with Crippen molar-refractivity contribution in [2.24, 2.45) is 0 Å². The van der Waals surface area contributed by atoms with Gasteiger partial charge in [0.1, 0.15) is 0 Å². The van der Waals surface area contributed by atoms with E-state index in [1.807, 2.05) is 12.1 Å². The van der Waals surface area contributed by atoms with Crippen LogP contribution in [0.3, 0.4) is 0 Å². The van der Waals surface area contributed by atoms with Crippen LogP contribution in [-0.4, -0.2) is 65.3 Å². The molecular weight excluding hydrogens is 527 g/mol. The van der Waals surface area contributed by atoms with E-state index in [1.54, 1.807) is 18.3 Å². The highest BCUT2D eigenvalue weighted by molar-refractivity contribution is 8.18. The van der Waals surface area contributed by atoms with Crippen LogP contribution in [0.5, 0.6) is 0 Å². The Morgan fingerprint density at radius 2 is 1.84 bits per heavy atom. The highest BCUT2D eigenvalue weighted by atomic mass is 35.5. The molecule has 0 spiro atoms. The summed E-state index contributed by atoms with van der Waals surface area (Å²) in [6, 6.07) is 10.8. The van der Waals surface area contributed by atoms with E-state index in [0.717, 1.165) is 28.7 Å². The number of fused-ring (bicyclic) bond motifs is 1.